The molecule has 0 fully saturated rings. The summed E-state index contributed by atoms with van der Waals surface area (Å²) in [5.74, 6) is -0.519. The summed E-state index contributed by atoms with van der Waals surface area (Å²) in [6.45, 7) is 0. The lowest BCUT2D eigenvalue weighted by atomic mass is 10.1. The van der Waals surface area contributed by atoms with Crippen LogP contribution in [0, 0.1) is 0 Å². The minimum absolute atomic E-state index is 0.127. The Morgan fingerprint density at radius 3 is 2.14 bits per heavy atom. The highest BCUT2D eigenvalue weighted by molar-refractivity contribution is 6.20. The fraction of sp³-hybridized carbons (Fsp3) is 0.0741. The number of carbonyl (C=O) groups is 1. The maximum Gasteiger partial charge on any atom is 0.487 e. The van der Waals surface area contributed by atoms with Crippen molar-refractivity contribution in [2.45, 2.75) is 5.57 Å². The second kappa shape index (κ2) is 9.39. The van der Waals surface area contributed by atoms with Crippen molar-refractivity contribution in [1.29, 1.82) is 0 Å². The highest BCUT2D eigenvalue weighted by Gasteiger charge is 2.27. The first-order valence-electron chi connectivity index (χ1n) is 10.9. The fourth-order valence-corrected chi connectivity index (χ4v) is 3.90. The molecule has 36 heavy (non-hydrogen) atoms. The van der Waals surface area contributed by atoms with Crippen molar-refractivity contribution in [2.24, 2.45) is 0 Å². The van der Waals surface area contributed by atoms with E-state index in [1.54, 1.807) is 17.6 Å². The molecule has 0 N–H and O–H groups in total. The third-order valence-corrected chi connectivity index (χ3v) is 5.62. The molecule has 0 aliphatic heterocycles. The van der Waals surface area contributed by atoms with Crippen LogP contribution < -0.4 is 9.64 Å². The van der Waals surface area contributed by atoms with Crippen molar-refractivity contribution in [2.75, 3.05) is 11.9 Å². The smallest absolute Gasteiger partial charge is 0.420 e. The number of fused-ring (bicyclic) bond motifs is 1. The second-order valence-electron chi connectivity index (χ2n) is 7.96. The molecular formula is C27H19ClF2N4O2. The van der Waals surface area contributed by atoms with E-state index in [1.165, 1.54) is 29.2 Å². The number of hydrogen-bond donors (Lipinski definition) is 0. The van der Waals surface area contributed by atoms with Gasteiger partial charge in [-0.25, -0.2) is 9.50 Å². The van der Waals surface area contributed by atoms with E-state index in [9.17, 15) is 13.6 Å². The van der Waals surface area contributed by atoms with E-state index < -0.39 is 11.5 Å². The van der Waals surface area contributed by atoms with Crippen molar-refractivity contribution in [3.05, 3.63) is 103 Å². The van der Waals surface area contributed by atoms with E-state index in [0.717, 1.165) is 22.5 Å². The number of carbonyl (C=O) groups excluding carboxylic acids is 1. The molecule has 0 atom stereocenters. The topological polar surface area (TPSA) is 59.7 Å². The molecule has 0 bridgehead atoms. The first kappa shape index (κ1) is 23.4. The van der Waals surface area contributed by atoms with Crippen LogP contribution in [0.25, 0.3) is 28.2 Å². The lowest BCUT2D eigenvalue weighted by Gasteiger charge is -2.17. The van der Waals surface area contributed by atoms with E-state index in [2.05, 4.69) is 9.84 Å². The summed E-state index contributed by atoms with van der Waals surface area (Å²) < 4.78 is 31.7. The van der Waals surface area contributed by atoms with Gasteiger partial charge in [0.1, 0.15) is 5.75 Å². The molecule has 9 heteroatoms. The number of nitrogens with zero attached hydrogens (tertiary/aromatic N) is 4. The van der Waals surface area contributed by atoms with Gasteiger partial charge in [0.05, 0.1) is 11.4 Å². The number of aromatic nitrogens is 3. The van der Waals surface area contributed by atoms with Gasteiger partial charge in [0.15, 0.2) is 11.3 Å². The van der Waals surface area contributed by atoms with Gasteiger partial charge in [0.25, 0.3) is 5.91 Å². The number of benzene rings is 3. The third kappa shape index (κ3) is 4.89. The number of ether oxygens (including phenoxy) is 1. The molecule has 0 saturated carbocycles. The highest BCUT2D eigenvalue weighted by Crippen LogP contribution is 2.29. The Morgan fingerprint density at radius 2 is 1.53 bits per heavy atom. The van der Waals surface area contributed by atoms with Crippen molar-refractivity contribution in [3.63, 3.8) is 0 Å². The summed E-state index contributed by atoms with van der Waals surface area (Å²) in [6, 6.07) is 28.6. The average Bonchev–Trinajstić information content (AvgIpc) is 3.32. The average molecular weight is 505 g/mol. The molecule has 2 aromatic heterocycles. The monoisotopic (exact) mass is 504 g/mol. The predicted octanol–water partition coefficient (Wildman–Crippen LogP) is 6.51. The summed E-state index contributed by atoms with van der Waals surface area (Å²) >= 11 is 4.81. The summed E-state index contributed by atoms with van der Waals surface area (Å²) in [5, 5.41) is 4.56. The van der Waals surface area contributed by atoms with Crippen LogP contribution in [0.3, 0.4) is 0 Å². The van der Waals surface area contributed by atoms with Gasteiger partial charge in [0.2, 0.25) is 0 Å². The van der Waals surface area contributed by atoms with E-state index in [-0.39, 0.29) is 11.4 Å². The molecule has 3 aromatic carbocycles. The van der Waals surface area contributed by atoms with Gasteiger partial charge >= 0.3 is 5.57 Å². The van der Waals surface area contributed by atoms with Crippen molar-refractivity contribution < 1.29 is 18.3 Å². The van der Waals surface area contributed by atoms with E-state index in [0.29, 0.717) is 11.3 Å². The molecule has 2 heterocycles. The highest BCUT2D eigenvalue weighted by atomic mass is 35.5. The Hall–Kier alpha value is -4.30. The van der Waals surface area contributed by atoms with Crippen LogP contribution in [-0.2, 0) is 0 Å². The number of alkyl halides is 3. The van der Waals surface area contributed by atoms with Crippen LogP contribution >= 0.6 is 11.6 Å². The minimum Gasteiger partial charge on any atom is -0.420 e. The SMILES string of the molecule is CN(C(=O)c1cc2nc(-c3ccccc3)cc(-c3ccccc3)n2n1)c1ccc(OC(F)(F)Cl)cc1. The molecule has 6 nitrogen and oxygen atoms in total. The van der Waals surface area contributed by atoms with Crippen LogP contribution in [-0.4, -0.2) is 33.1 Å². The molecule has 0 saturated heterocycles. The third-order valence-electron chi connectivity index (χ3n) is 5.55. The van der Waals surface area contributed by atoms with Crippen molar-refractivity contribution >= 4 is 28.8 Å². The van der Waals surface area contributed by atoms with Crippen LogP contribution in [0.4, 0.5) is 14.5 Å². The van der Waals surface area contributed by atoms with Crippen LogP contribution in [0.5, 0.6) is 5.75 Å². The lowest BCUT2D eigenvalue weighted by Crippen LogP contribution is -2.26. The van der Waals surface area contributed by atoms with Gasteiger partial charge in [0, 0.05) is 41.5 Å². The van der Waals surface area contributed by atoms with Crippen LogP contribution in [0.1, 0.15) is 10.5 Å². The second-order valence-corrected chi connectivity index (χ2v) is 8.40. The molecule has 0 radical (unpaired) electrons. The Bertz CT molecular complexity index is 1520. The maximum atomic E-state index is 13.3. The number of halogens is 3. The van der Waals surface area contributed by atoms with E-state index >= 15 is 0 Å². The Kier molecular flexibility index (Phi) is 6.12. The zero-order valence-electron chi connectivity index (χ0n) is 19.0. The molecule has 0 unspecified atom stereocenters. The molecule has 1 amide bonds. The van der Waals surface area contributed by atoms with Crippen LogP contribution in [0.2, 0.25) is 0 Å². The Morgan fingerprint density at radius 1 is 0.917 bits per heavy atom. The number of rotatable bonds is 6. The van der Waals surface area contributed by atoms with Crippen LogP contribution in [0.15, 0.2) is 97.1 Å². The van der Waals surface area contributed by atoms with Gasteiger partial charge in [-0.05, 0) is 30.3 Å². The molecular weight excluding hydrogens is 486 g/mol. The quantitative estimate of drug-likeness (QED) is 0.247. The summed E-state index contributed by atoms with van der Waals surface area (Å²) in [5.41, 5.74) is 0.730. The van der Waals surface area contributed by atoms with Crippen molar-refractivity contribution in [3.8, 4) is 28.3 Å². The first-order chi connectivity index (χ1) is 17.3. The molecule has 0 aliphatic rings. The number of amides is 1. The Balaban J connectivity index is 1.53. The normalized spacial score (nSPS) is 11.4. The Labute approximate surface area is 210 Å². The number of anilines is 1. The lowest BCUT2D eigenvalue weighted by molar-refractivity contribution is -0.0964. The van der Waals surface area contributed by atoms with Crippen molar-refractivity contribution in [1.82, 2.24) is 14.6 Å². The standard InChI is InChI=1S/C27H19ClF2N4O2/c1-33(20-12-14-21(15-13-20)36-27(28,29)30)26(35)23-17-25-31-22(18-8-4-2-5-9-18)16-24(34(25)32-23)19-10-6-3-7-11-19/h2-17H,1H3. The van der Waals surface area contributed by atoms with Gasteiger partial charge in [-0.1, -0.05) is 60.7 Å². The zero-order chi connectivity index (χ0) is 25.3. The molecule has 180 valence electrons. The first-order valence-corrected chi connectivity index (χ1v) is 11.3. The molecule has 5 rings (SSSR count). The summed E-state index contributed by atoms with van der Waals surface area (Å²) in [4.78, 5) is 19.4. The van der Waals surface area contributed by atoms with E-state index in [4.69, 9.17) is 16.6 Å². The largest absolute Gasteiger partial charge is 0.487 e. The van der Waals surface area contributed by atoms with Gasteiger partial charge in [-0.15, -0.1) is 8.78 Å². The zero-order valence-corrected chi connectivity index (χ0v) is 19.7. The van der Waals surface area contributed by atoms with Gasteiger partial charge < -0.3 is 9.64 Å². The molecule has 0 spiro atoms. The summed E-state index contributed by atoms with van der Waals surface area (Å²) in [7, 11) is 1.57. The molecule has 0 aliphatic carbocycles. The minimum atomic E-state index is -3.82. The number of hydrogen-bond acceptors (Lipinski definition) is 4. The maximum absolute atomic E-state index is 13.3. The van der Waals surface area contributed by atoms with Gasteiger partial charge in [-0.2, -0.15) is 5.10 Å². The van der Waals surface area contributed by atoms with Gasteiger partial charge in [-0.3, -0.25) is 4.79 Å². The fourth-order valence-electron chi connectivity index (χ4n) is 3.81. The summed E-state index contributed by atoms with van der Waals surface area (Å²) in [6.07, 6.45) is 0. The predicted molar refractivity (Wildman–Crippen MR) is 134 cm³/mol. The molecule has 5 aromatic rings. The van der Waals surface area contributed by atoms with E-state index in [1.807, 2.05) is 66.7 Å².